The molecular formula is C15H31N3O4S. The predicted molar refractivity (Wildman–Crippen MR) is 92.7 cm³/mol. The summed E-state index contributed by atoms with van der Waals surface area (Å²) < 4.78 is 32.8. The second-order valence-corrected chi connectivity index (χ2v) is 8.06. The maximum Gasteiger partial charge on any atom is 0.191 e. The van der Waals surface area contributed by atoms with Crippen molar-refractivity contribution in [3.05, 3.63) is 0 Å². The van der Waals surface area contributed by atoms with Crippen LogP contribution in [0.4, 0.5) is 0 Å². The Morgan fingerprint density at radius 1 is 1.17 bits per heavy atom. The van der Waals surface area contributed by atoms with Gasteiger partial charge in [-0.25, -0.2) is 8.42 Å². The van der Waals surface area contributed by atoms with Gasteiger partial charge in [-0.3, -0.25) is 4.99 Å². The van der Waals surface area contributed by atoms with Crippen LogP contribution >= 0.6 is 0 Å². The van der Waals surface area contributed by atoms with Gasteiger partial charge in [0, 0.05) is 39.1 Å². The van der Waals surface area contributed by atoms with Gasteiger partial charge in [0.05, 0.1) is 19.0 Å². The minimum atomic E-state index is -2.95. The molecule has 136 valence electrons. The monoisotopic (exact) mass is 349 g/mol. The van der Waals surface area contributed by atoms with Crippen molar-refractivity contribution in [2.75, 3.05) is 58.1 Å². The lowest BCUT2D eigenvalue weighted by Crippen LogP contribution is -2.39. The molecule has 0 heterocycles. The van der Waals surface area contributed by atoms with Gasteiger partial charge in [0.1, 0.15) is 9.84 Å². The summed E-state index contributed by atoms with van der Waals surface area (Å²) in [7, 11) is -2.95. The topological polar surface area (TPSA) is 89.0 Å². The number of aliphatic imine (C=N–C) groups is 1. The molecule has 8 heteroatoms. The lowest BCUT2D eigenvalue weighted by Gasteiger charge is -2.11. The Balaban J connectivity index is 2.03. The molecule has 0 spiro atoms. The van der Waals surface area contributed by atoms with E-state index in [2.05, 4.69) is 15.6 Å². The van der Waals surface area contributed by atoms with Crippen LogP contribution in [-0.4, -0.2) is 72.4 Å². The maximum atomic E-state index is 11.0. The highest BCUT2D eigenvalue weighted by Gasteiger charge is 2.20. The van der Waals surface area contributed by atoms with Gasteiger partial charge in [0.25, 0.3) is 0 Å². The molecule has 0 radical (unpaired) electrons. The van der Waals surface area contributed by atoms with E-state index in [1.54, 1.807) is 0 Å². The van der Waals surface area contributed by atoms with Crippen LogP contribution in [0.1, 0.15) is 26.2 Å². The zero-order chi connectivity index (χ0) is 17.0. The summed E-state index contributed by atoms with van der Waals surface area (Å²) in [6.45, 7) is 6.44. The van der Waals surface area contributed by atoms with E-state index >= 15 is 0 Å². The van der Waals surface area contributed by atoms with Gasteiger partial charge in [-0.15, -0.1) is 0 Å². The fourth-order valence-electron chi connectivity index (χ4n) is 1.79. The molecule has 0 aromatic carbocycles. The molecule has 1 fully saturated rings. The van der Waals surface area contributed by atoms with Gasteiger partial charge in [-0.05, 0) is 32.1 Å². The van der Waals surface area contributed by atoms with Gasteiger partial charge >= 0.3 is 0 Å². The third-order valence-electron chi connectivity index (χ3n) is 3.25. The van der Waals surface area contributed by atoms with Crippen LogP contribution in [-0.2, 0) is 19.3 Å². The Bertz CT molecular complexity index is 436. The Hall–Kier alpha value is -0.860. The van der Waals surface area contributed by atoms with Crippen molar-refractivity contribution in [1.29, 1.82) is 0 Å². The first kappa shape index (κ1) is 20.2. The van der Waals surface area contributed by atoms with Gasteiger partial charge in [0.15, 0.2) is 5.96 Å². The SMILES string of the molecule is CCNC(=NCCCOCC1CC1)NCCOCCS(C)(=O)=O. The third-order valence-corrected chi connectivity index (χ3v) is 4.16. The van der Waals surface area contributed by atoms with Crippen LogP contribution < -0.4 is 10.6 Å². The summed E-state index contributed by atoms with van der Waals surface area (Å²) in [5.74, 6) is 1.61. The Morgan fingerprint density at radius 2 is 1.96 bits per heavy atom. The average Bonchev–Trinajstić information content (AvgIpc) is 3.29. The molecule has 0 unspecified atom stereocenters. The Morgan fingerprint density at radius 3 is 2.61 bits per heavy atom. The Labute approximate surface area is 140 Å². The molecule has 7 nitrogen and oxygen atoms in total. The smallest absolute Gasteiger partial charge is 0.191 e. The van der Waals surface area contributed by atoms with E-state index in [9.17, 15) is 8.42 Å². The van der Waals surface area contributed by atoms with Gasteiger partial charge in [-0.2, -0.15) is 0 Å². The number of nitrogens with zero attached hydrogens (tertiary/aromatic N) is 1. The summed E-state index contributed by atoms with van der Waals surface area (Å²) in [4.78, 5) is 4.47. The quantitative estimate of drug-likeness (QED) is 0.285. The number of guanidine groups is 1. The van der Waals surface area contributed by atoms with Crippen molar-refractivity contribution in [2.45, 2.75) is 26.2 Å². The highest BCUT2D eigenvalue weighted by molar-refractivity contribution is 7.90. The lowest BCUT2D eigenvalue weighted by molar-refractivity contribution is 0.123. The molecule has 2 N–H and O–H groups in total. The zero-order valence-corrected chi connectivity index (χ0v) is 15.2. The van der Waals surface area contributed by atoms with E-state index < -0.39 is 9.84 Å². The lowest BCUT2D eigenvalue weighted by atomic mass is 10.4. The second-order valence-electron chi connectivity index (χ2n) is 5.80. The third kappa shape index (κ3) is 13.3. The van der Waals surface area contributed by atoms with Crippen molar-refractivity contribution in [3.63, 3.8) is 0 Å². The molecule has 0 atom stereocenters. The molecule has 0 amide bonds. The summed E-state index contributed by atoms with van der Waals surface area (Å²) in [6, 6.07) is 0. The van der Waals surface area contributed by atoms with Gasteiger partial charge < -0.3 is 20.1 Å². The van der Waals surface area contributed by atoms with Crippen LogP contribution in [0.25, 0.3) is 0 Å². The summed E-state index contributed by atoms with van der Waals surface area (Å²) in [6.07, 6.45) is 4.75. The molecule has 0 bridgehead atoms. The molecule has 0 aromatic heterocycles. The largest absolute Gasteiger partial charge is 0.381 e. The van der Waals surface area contributed by atoms with Crippen molar-refractivity contribution < 1.29 is 17.9 Å². The Kier molecular flexibility index (Phi) is 10.2. The van der Waals surface area contributed by atoms with E-state index in [1.165, 1.54) is 19.1 Å². The highest BCUT2D eigenvalue weighted by Crippen LogP contribution is 2.28. The zero-order valence-electron chi connectivity index (χ0n) is 14.3. The number of hydrogen-bond acceptors (Lipinski definition) is 5. The molecule has 0 saturated heterocycles. The second kappa shape index (κ2) is 11.6. The first-order valence-electron chi connectivity index (χ1n) is 8.36. The predicted octanol–water partition coefficient (Wildman–Crippen LogP) is 0.419. The highest BCUT2D eigenvalue weighted by atomic mass is 32.2. The summed E-state index contributed by atoms with van der Waals surface area (Å²) >= 11 is 0. The molecule has 1 aliphatic rings. The molecule has 23 heavy (non-hydrogen) atoms. The maximum absolute atomic E-state index is 11.0. The summed E-state index contributed by atoms with van der Waals surface area (Å²) in [5.41, 5.74) is 0. The fraction of sp³-hybridized carbons (Fsp3) is 0.933. The molecule has 0 aliphatic heterocycles. The van der Waals surface area contributed by atoms with Crippen molar-refractivity contribution >= 4 is 15.8 Å². The fourth-order valence-corrected chi connectivity index (χ4v) is 2.21. The van der Waals surface area contributed by atoms with Crippen LogP contribution in [0.15, 0.2) is 4.99 Å². The van der Waals surface area contributed by atoms with E-state index in [-0.39, 0.29) is 12.4 Å². The molecular weight excluding hydrogens is 318 g/mol. The first-order chi connectivity index (χ1) is 11.0. The van der Waals surface area contributed by atoms with Gasteiger partial charge in [0.2, 0.25) is 0 Å². The first-order valence-corrected chi connectivity index (χ1v) is 10.4. The standard InChI is InChI=1S/C15H31N3O4S/c1-3-16-15(17-7-4-9-22-13-14-5-6-14)18-8-10-21-11-12-23(2,19)20/h14H,3-13H2,1-2H3,(H2,16,17,18). The van der Waals surface area contributed by atoms with E-state index in [0.29, 0.717) is 13.2 Å². The van der Waals surface area contributed by atoms with Crippen LogP contribution in [0.2, 0.25) is 0 Å². The van der Waals surface area contributed by atoms with Crippen molar-refractivity contribution in [2.24, 2.45) is 10.9 Å². The van der Waals surface area contributed by atoms with E-state index in [0.717, 1.165) is 44.6 Å². The number of hydrogen-bond donors (Lipinski definition) is 2. The minimum absolute atomic E-state index is 0.0576. The molecule has 0 aromatic rings. The minimum Gasteiger partial charge on any atom is -0.381 e. The van der Waals surface area contributed by atoms with Crippen LogP contribution in [0.5, 0.6) is 0 Å². The van der Waals surface area contributed by atoms with Crippen molar-refractivity contribution in [1.82, 2.24) is 10.6 Å². The summed E-state index contributed by atoms with van der Waals surface area (Å²) in [5, 5.41) is 6.32. The molecule has 1 aliphatic carbocycles. The molecule has 1 saturated carbocycles. The number of nitrogens with one attached hydrogen (secondary N) is 2. The van der Waals surface area contributed by atoms with E-state index in [4.69, 9.17) is 9.47 Å². The van der Waals surface area contributed by atoms with Gasteiger partial charge in [-0.1, -0.05) is 0 Å². The number of rotatable bonds is 13. The van der Waals surface area contributed by atoms with E-state index in [1.807, 2.05) is 6.92 Å². The number of ether oxygens (including phenoxy) is 2. The average molecular weight is 349 g/mol. The van der Waals surface area contributed by atoms with Crippen LogP contribution in [0.3, 0.4) is 0 Å². The normalized spacial score (nSPS) is 15.7. The molecule has 1 rings (SSSR count). The van der Waals surface area contributed by atoms with Crippen molar-refractivity contribution in [3.8, 4) is 0 Å². The number of sulfone groups is 1. The van der Waals surface area contributed by atoms with Crippen LogP contribution in [0, 0.1) is 5.92 Å².